The average Bonchev–Trinajstić information content (AvgIpc) is 3.10. The highest BCUT2D eigenvalue weighted by Crippen LogP contribution is 2.32. The summed E-state index contributed by atoms with van der Waals surface area (Å²) in [5, 5.41) is 6.04. The van der Waals surface area contributed by atoms with Gasteiger partial charge in [-0.3, -0.25) is 19.3 Å². The van der Waals surface area contributed by atoms with Crippen molar-refractivity contribution in [2.45, 2.75) is 83.8 Å². The van der Waals surface area contributed by atoms with Crippen molar-refractivity contribution in [3.8, 4) is 0 Å². The van der Waals surface area contributed by atoms with E-state index in [1.807, 2.05) is 20.8 Å². The molecule has 2 rings (SSSR count). The number of hydrogen-bond donors (Lipinski definition) is 2. The third-order valence-electron chi connectivity index (χ3n) is 6.13. The number of carbonyl (C=O) groups excluding carboxylic acids is 5. The number of nitrogens with one attached hydrogen (secondary N) is 2. The number of rotatable bonds is 15. The Morgan fingerprint density at radius 2 is 1.63 bits per heavy atom. The SMILES string of the molecule is CN(C)C(=O)C(CCC=O)N1C(=O)c2cccc(NCCCCCCCCNC(=O)OC(C)(C)C)c2C1=O. The molecule has 1 aliphatic rings. The molecule has 1 aliphatic heterocycles. The number of unbranched alkanes of at least 4 members (excludes halogenated alkanes) is 5. The maximum Gasteiger partial charge on any atom is 0.407 e. The van der Waals surface area contributed by atoms with Gasteiger partial charge in [-0.2, -0.15) is 0 Å². The van der Waals surface area contributed by atoms with Crippen LogP contribution >= 0.6 is 0 Å². The highest BCUT2D eigenvalue weighted by atomic mass is 16.6. The van der Waals surface area contributed by atoms with Crippen molar-refractivity contribution in [3.63, 3.8) is 0 Å². The minimum Gasteiger partial charge on any atom is -0.444 e. The van der Waals surface area contributed by atoms with Crippen molar-refractivity contribution < 1.29 is 28.7 Å². The van der Waals surface area contributed by atoms with E-state index in [1.54, 1.807) is 32.3 Å². The van der Waals surface area contributed by atoms with Gasteiger partial charge in [0.05, 0.1) is 11.1 Å². The van der Waals surface area contributed by atoms with Crippen LogP contribution in [-0.2, 0) is 14.3 Å². The molecule has 0 bridgehead atoms. The van der Waals surface area contributed by atoms with E-state index in [-0.39, 0.29) is 30.1 Å². The van der Waals surface area contributed by atoms with E-state index in [0.717, 1.165) is 43.4 Å². The van der Waals surface area contributed by atoms with Gasteiger partial charge in [-0.15, -0.1) is 0 Å². The smallest absolute Gasteiger partial charge is 0.407 e. The van der Waals surface area contributed by atoms with Crippen LogP contribution in [0.15, 0.2) is 18.2 Å². The lowest BCUT2D eigenvalue weighted by Gasteiger charge is -2.27. The molecule has 0 spiro atoms. The van der Waals surface area contributed by atoms with Crippen molar-refractivity contribution in [2.24, 2.45) is 0 Å². The van der Waals surface area contributed by atoms with Crippen LogP contribution in [0, 0.1) is 0 Å². The minimum atomic E-state index is -1.02. The number of benzene rings is 1. The number of hydrogen-bond acceptors (Lipinski definition) is 7. The summed E-state index contributed by atoms with van der Waals surface area (Å²) in [6, 6.07) is 4.05. The molecule has 1 unspecified atom stereocenters. The standard InChI is InChI=1S/C28H42N4O6/c1-28(2,3)38-27(37)30-18-11-9-7-6-8-10-17-29-21-15-12-14-20-23(21)26(36)32(24(20)34)22(16-13-19-33)25(35)31(4)5/h12,14-15,19,22,29H,6-11,13,16-18H2,1-5H3,(H,30,37). The van der Waals surface area contributed by atoms with Gasteiger partial charge in [-0.1, -0.05) is 31.7 Å². The molecule has 0 fully saturated rings. The summed E-state index contributed by atoms with van der Waals surface area (Å²) >= 11 is 0. The van der Waals surface area contributed by atoms with Gasteiger partial charge in [-0.05, 0) is 52.2 Å². The first kappa shape index (κ1) is 30.8. The molecule has 0 saturated heterocycles. The molecule has 10 heteroatoms. The quantitative estimate of drug-likeness (QED) is 0.199. The molecular formula is C28H42N4O6. The number of nitrogens with zero attached hydrogens (tertiary/aromatic N) is 2. The number of alkyl carbamates (subject to hydrolysis) is 1. The van der Waals surface area contributed by atoms with Gasteiger partial charge in [0.15, 0.2) is 0 Å². The maximum absolute atomic E-state index is 13.3. The summed E-state index contributed by atoms with van der Waals surface area (Å²) in [7, 11) is 3.12. The summed E-state index contributed by atoms with van der Waals surface area (Å²) in [6.45, 7) is 6.74. The van der Waals surface area contributed by atoms with E-state index in [4.69, 9.17) is 4.74 Å². The molecule has 1 aromatic carbocycles. The normalized spacial score (nSPS) is 13.7. The summed E-state index contributed by atoms with van der Waals surface area (Å²) in [5.74, 6) is -1.42. The van der Waals surface area contributed by atoms with E-state index in [0.29, 0.717) is 25.1 Å². The van der Waals surface area contributed by atoms with E-state index < -0.39 is 29.4 Å². The fourth-order valence-electron chi connectivity index (χ4n) is 4.31. The predicted octanol–water partition coefficient (Wildman–Crippen LogP) is 4.00. The second kappa shape index (κ2) is 14.5. The number of likely N-dealkylation sites (N-methyl/N-ethyl adjacent to an activating group) is 1. The summed E-state index contributed by atoms with van der Waals surface area (Å²) in [5.41, 5.74) is 0.619. The summed E-state index contributed by atoms with van der Waals surface area (Å²) < 4.78 is 5.21. The van der Waals surface area contributed by atoms with Gasteiger partial charge < -0.3 is 25.1 Å². The van der Waals surface area contributed by atoms with E-state index in [2.05, 4.69) is 10.6 Å². The molecule has 38 heavy (non-hydrogen) atoms. The fraction of sp³-hybridized carbons (Fsp3) is 0.607. The first-order valence-corrected chi connectivity index (χ1v) is 13.3. The molecule has 1 heterocycles. The summed E-state index contributed by atoms with van der Waals surface area (Å²) in [4.78, 5) is 64.0. The lowest BCUT2D eigenvalue weighted by atomic mass is 10.1. The molecule has 10 nitrogen and oxygen atoms in total. The molecule has 0 saturated carbocycles. The number of fused-ring (bicyclic) bond motifs is 1. The molecular weight excluding hydrogens is 488 g/mol. The van der Waals surface area contributed by atoms with Gasteiger partial charge >= 0.3 is 6.09 Å². The molecule has 4 amide bonds. The second-order valence-corrected chi connectivity index (χ2v) is 10.7. The molecule has 1 atom stereocenters. The lowest BCUT2D eigenvalue weighted by molar-refractivity contribution is -0.133. The predicted molar refractivity (Wildman–Crippen MR) is 145 cm³/mol. The van der Waals surface area contributed by atoms with E-state index >= 15 is 0 Å². The minimum absolute atomic E-state index is 0.0724. The Bertz CT molecular complexity index is 1000. The number of imide groups is 1. The van der Waals surface area contributed by atoms with Crippen molar-refractivity contribution in [1.29, 1.82) is 0 Å². The zero-order valence-corrected chi connectivity index (χ0v) is 23.3. The van der Waals surface area contributed by atoms with Crippen LogP contribution in [0.5, 0.6) is 0 Å². The Morgan fingerprint density at radius 3 is 2.24 bits per heavy atom. The maximum atomic E-state index is 13.3. The molecule has 0 aromatic heterocycles. The molecule has 0 radical (unpaired) electrons. The Morgan fingerprint density at radius 1 is 1.00 bits per heavy atom. The topological polar surface area (TPSA) is 125 Å². The Balaban J connectivity index is 1.81. The van der Waals surface area contributed by atoms with Gasteiger partial charge in [0.2, 0.25) is 5.91 Å². The summed E-state index contributed by atoms with van der Waals surface area (Å²) in [6.07, 6.45) is 6.37. The van der Waals surface area contributed by atoms with Crippen LogP contribution in [0.4, 0.5) is 10.5 Å². The number of carbonyl (C=O) groups is 5. The van der Waals surface area contributed by atoms with Gasteiger partial charge in [0, 0.05) is 39.3 Å². The molecule has 0 aliphatic carbocycles. The Hall–Kier alpha value is -3.43. The number of anilines is 1. The number of ether oxygens (including phenoxy) is 1. The van der Waals surface area contributed by atoms with Crippen LogP contribution in [0.1, 0.15) is 92.9 Å². The van der Waals surface area contributed by atoms with Crippen molar-refractivity contribution in [3.05, 3.63) is 29.3 Å². The van der Waals surface area contributed by atoms with Gasteiger partial charge in [0.25, 0.3) is 11.8 Å². The molecule has 2 N–H and O–H groups in total. The van der Waals surface area contributed by atoms with Crippen molar-refractivity contribution >= 4 is 35.8 Å². The van der Waals surface area contributed by atoms with Crippen LogP contribution in [-0.4, -0.2) is 78.7 Å². The average molecular weight is 531 g/mol. The van der Waals surface area contributed by atoms with E-state index in [1.165, 1.54) is 4.90 Å². The molecule has 210 valence electrons. The Labute approximate surface area is 225 Å². The van der Waals surface area contributed by atoms with Gasteiger partial charge in [0.1, 0.15) is 17.9 Å². The first-order chi connectivity index (χ1) is 18.0. The van der Waals surface area contributed by atoms with Crippen molar-refractivity contribution in [1.82, 2.24) is 15.1 Å². The molecule has 1 aromatic rings. The second-order valence-electron chi connectivity index (χ2n) is 10.7. The largest absolute Gasteiger partial charge is 0.444 e. The number of aldehydes is 1. The highest BCUT2D eigenvalue weighted by molar-refractivity contribution is 6.25. The van der Waals surface area contributed by atoms with Gasteiger partial charge in [-0.25, -0.2) is 4.79 Å². The Kier molecular flexibility index (Phi) is 11.7. The van der Waals surface area contributed by atoms with Crippen LogP contribution in [0.2, 0.25) is 0 Å². The first-order valence-electron chi connectivity index (χ1n) is 13.3. The fourth-order valence-corrected chi connectivity index (χ4v) is 4.31. The third kappa shape index (κ3) is 8.85. The van der Waals surface area contributed by atoms with E-state index in [9.17, 15) is 24.0 Å². The van der Waals surface area contributed by atoms with Crippen molar-refractivity contribution in [2.75, 3.05) is 32.5 Å². The lowest BCUT2D eigenvalue weighted by Crippen LogP contribution is -2.49. The highest BCUT2D eigenvalue weighted by Gasteiger charge is 2.44. The monoisotopic (exact) mass is 530 g/mol. The van der Waals surface area contributed by atoms with Crippen LogP contribution < -0.4 is 10.6 Å². The van der Waals surface area contributed by atoms with Crippen LogP contribution in [0.3, 0.4) is 0 Å². The number of amides is 4. The third-order valence-corrected chi connectivity index (χ3v) is 6.13. The van der Waals surface area contributed by atoms with Crippen LogP contribution in [0.25, 0.3) is 0 Å². The zero-order chi connectivity index (χ0) is 28.3. The zero-order valence-electron chi connectivity index (χ0n) is 23.3.